The molecule has 7 heteroatoms. The van der Waals surface area contributed by atoms with E-state index in [9.17, 15) is 5.11 Å². The van der Waals surface area contributed by atoms with Crippen molar-refractivity contribution in [2.75, 3.05) is 17.7 Å². The number of aromatic nitrogens is 3. The highest BCUT2D eigenvalue weighted by Gasteiger charge is 2.13. The van der Waals surface area contributed by atoms with Crippen LogP contribution in [0.2, 0.25) is 0 Å². The number of nitrogen functional groups attached to an aromatic ring is 1. The average Bonchev–Trinajstić information content (AvgIpc) is 2.53. The summed E-state index contributed by atoms with van der Waals surface area (Å²) in [4.78, 5) is 12.5. The minimum Gasteiger partial charge on any atom is -0.482 e. The predicted molar refractivity (Wildman–Crippen MR) is 89.2 cm³/mol. The van der Waals surface area contributed by atoms with Crippen LogP contribution in [0.3, 0.4) is 0 Å². The topological polar surface area (TPSA) is 106 Å². The van der Waals surface area contributed by atoms with Gasteiger partial charge in [0.15, 0.2) is 11.6 Å². The van der Waals surface area contributed by atoms with Crippen LogP contribution in [-0.2, 0) is 6.61 Å². The monoisotopic (exact) mass is 317 g/mol. The lowest BCUT2D eigenvalue weighted by Gasteiger charge is -2.18. The smallest absolute Gasteiger partial charge is 0.222 e. The van der Waals surface area contributed by atoms with Crippen molar-refractivity contribution in [1.82, 2.24) is 15.0 Å². The zero-order chi connectivity index (χ0) is 16.7. The number of nitrogens with two attached hydrogens (primary N) is 1. The molecule has 0 aliphatic carbocycles. The van der Waals surface area contributed by atoms with Crippen LogP contribution in [0, 0.1) is 6.92 Å². The van der Waals surface area contributed by atoms with Crippen LogP contribution in [0.25, 0.3) is 0 Å². The maximum absolute atomic E-state index is 9.43. The van der Waals surface area contributed by atoms with Gasteiger partial charge in [-0.2, -0.15) is 4.98 Å². The SMILES string of the molecule is CCC[C@@H](CO)Nc1nc(N)ncc1OCc1cccc(C)n1. The zero-order valence-electron chi connectivity index (χ0n) is 13.5. The highest BCUT2D eigenvalue weighted by atomic mass is 16.5. The summed E-state index contributed by atoms with van der Waals surface area (Å²) in [5, 5.41) is 12.6. The molecule has 0 bridgehead atoms. The number of rotatable bonds is 8. The van der Waals surface area contributed by atoms with Crippen molar-refractivity contribution >= 4 is 11.8 Å². The van der Waals surface area contributed by atoms with Crippen LogP contribution in [0.1, 0.15) is 31.2 Å². The molecule has 0 saturated carbocycles. The van der Waals surface area contributed by atoms with Crippen molar-refractivity contribution in [2.45, 2.75) is 39.3 Å². The molecule has 2 aromatic rings. The van der Waals surface area contributed by atoms with E-state index < -0.39 is 0 Å². The highest BCUT2D eigenvalue weighted by molar-refractivity contribution is 5.51. The van der Waals surface area contributed by atoms with Gasteiger partial charge in [0, 0.05) is 5.69 Å². The predicted octanol–water partition coefficient (Wildman–Crippen LogP) is 1.91. The molecule has 4 N–H and O–H groups in total. The minimum absolute atomic E-state index is 0.0105. The fraction of sp³-hybridized carbons (Fsp3) is 0.438. The van der Waals surface area contributed by atoms with E-state index >= 15 is 0 Å². The van der Waals surface area contributed by atoms with Crippen LogP contribution in [0.4, 0.5) is 11.8 Å². The van der Waals surface area contributed by atoms with E-state index in [2.05, 4.69) is 27.2 Å². The summed E-state index contributed by atoms with van der Waals surface area (Å²) >= 11 is 0. The highest BCUT2D eigenvalue weighted by Crippen LogP contribution is 2.24. The van der Waals surface area contributed by atoms with Crippen molar-refractivity contribution in [1.29, 1.82) is 0 Å². The van der Waals surface area contributed by atoms with Gasteiger partial charge < -0.3 is 20.9 Å². The molecule has 7 nitrogen and oxygen atoms in total. The summed E-state index contributed by atoms with van der Waals surface area (Å²) in [5.74, 6) is 1.12. The van der Waals surface area contributed by atoms with Crippen LogP contribution in [0.15, 0.2) is 24.4 Å². The molecule has 0 radical (unpaired) electrons. The fourth-order valence-electron chi connectivity index (χ4n) is 2.18. The number of hydrogen-bond acceptors (Lipinski definition) is 7. The van der Waals surface area contributed by atoms with E-state index in [0.717, 1.165) is 24.2 Å². The van der Waals surface area contributed by atoms with E-state index in [4.69, 9.17) is 10.5 Å². The Bertz CT molecular complexity index is 636. The second-order valence-electron chi connectivity index (χ2n) is 5.31. The summed E-state index contributed by atoms with van der Waals surface area (Å²) < 4.78 is 5.77. The molecular weight excluding hydrogens is 294 g/mol. The first-order valence-electron chi connectivity index (χ1n) is 7.67. The molecule has 0 aliphatic rings. The maximum atomic E-state index is 9.43. The van der Waals surface area contributed by atoms with Crippen LogP contribution in [-0.4, -0.2) is 32.7 Å². The number of aliphatic hydroxyl groups excluding tert-OH is 1. The number of anilines is 2. The fourth-order valence-corrected chi connectivity index (χ4v) is 2.18. The first-order valence-corrected chi connectivity index (χ1v) is 7.67. The zero-order valence-corrected chi connectivity index (χ0v) is 13.5. The largest absolute Gasteiger partial charge is 0.482 e. The van der Waals surface area contributed by atoms with Crippen molar-refractivity contribution in [3.05, 3.63) is 35.8 Å². The molecule has 0 spiro atoms. The van der Waals surface area contributed by atoms with Gasteiger partial charge in [0.2, 0.25) is 5.95 Å². The van der Waals surface area contributed by atoms with Crippen molar-refractivity contribution in [2.24, 2.45) is 0 Å². The molecule has 0 aromatic carbocycles. The van der Waals surface area contributed by atoms with Crippen LogP contribution >= 0.6 is 0 Å². The molecule has 2 rings (SSSR count). The van der Waals surface area contributed by atoms with Crippen molar-refractivity contribution in [3.8, 4) is 5.75 Å². The standard InChI is InChI=1S/C16H23N5O2/c1-3-5-12(9-22)20-15-14(8-18-16(17)21-15)23-10-13-7-4-6-11(2)19-13/h4,6-8,12,22H,3,5,9-10H2,1-2H3,(H3,17,18,20,21)/t12-/m0/s1. The Morgan fingerprint density at radius 3 is 2.87 bits per heavy atom. The van der Waals surface area contributed by atoms with E-state index in [-0.39, 0.29) is 18.6 Å². The van der Waals surface area contributed by atoms with Gasteiger partial charge in [0.1, 0.15) is 6.61 Å². The minimum atomic E-state index is -0.103. The second-order valence-corrected chi connectivity index (χ2v) is 5.31. The lowest BCUT2D eigenvalue weighted by Crippen LogP contribution is -2.24. The van der Waals surface area contributed by atoms with Crippen LogP contribution < -0.4 is 15.8 Å². The summed E-state index contributed by atoms with van der Waals surface area (Å²) in [6, 6.07) is 5.65. The van der Waals surface area contributed by atoms with Gasteiger partial charge in [-0.1, -0.05) is 19.4 Å². The number of nitrogens with zero attached hydrogens (tertiary/aromatic N) is 3. The molecule has 1 atom stereocenters. The Morgan fingerprint density at radius 1 is 1.35 bits per heavy atom. The normalized spacial score (nSPS) is 12.0. The summed E-state index contributed by atoms with van der Waals surface area (Å²) in [6.45, 7) is 4.30. The maximum Gasteiger partial charge on any atom is 0.222 e. The number of hydrogen-bond donors (Lipinski definition) is 3. The van der Waals surface area contributed by atoms with Gasteiger partial charge >= 0.3 is 0 Å². The summed E-state index contributed by atoms with van der Waals surface area (Å²) in [6.07, 6.45) is 3.29. The van der Waals surface area contributed by atoms with E-state index in [1.807, 2.05) is 25.1 Å². The average molecular weight is 317 g/mol. The summed E-state index contributed by atoms with van der Waals surface area (Å²) in [7, 11) is 0. The Hall–Kier alpha value is -2.41. The van der Waals surface area contributed by atoms with Crippen molar-refractivity contribution in [3.63, 3.8) is 0 Å². The van der Waals surface area contributed by atoms with E-state index in [1.54, 1.807) is 0 Å². The number of aryl methyl sites for hydroxylation is 1. The third-order valence-electron chi connectivity index (χ3n) is 3.29. The first-order chi connectivity index (χ1) is 11.1. The Labute approximate surface area is 135 Å². The molecule has 0 fully saturated rings. The van der Waals surface area contributed by atoms with Crippen molar-refractivity contribution < 1.29 is 9.84 Å². The third-order valence-corrected chi connectivity index (χ3v) is 3.29. The lowest BCUT2D eigenvalue weighted by atomic mass is 10.2. The molecular formula is C16H23N5O2. The number of ether oxygens (including phenoxy) is 1. The van der Waals surface area contributed by atoms with E-state index in [1.165, 1.54) is 6.20 Å². The quantitative estimate of drug-likeness (QED) is 0.683. The molecule has 0 aliphatic heterocycles. The Balaban J connectivity index is 2.11. The number of pyridine rings is 1. The molecule has 0 unspecified atom stereocenters. The van der Waals surface area contributed by atoms with Gasteiger partial charge in [-0.05, 0) is 25.5 Å². The van der Waals surface area contributed by atoms with Crippen LogP contribution in [0.5, 0.6) is 5.75 Å². The molecule has 2 aromatic heterocycles. The van der Waals surface area contributed by atoms with Gasteiger partial charge in [-0.15, -0.1) is 0 Å². The van der Waals surface area contributed by atoms with E-state index in [0.29, 0.717) is 18.2 Å². The summed E-state index contributed by atoms with van der Waals surface area (Å²) in [5.41, 5.74) is 7.40. The Kier molecular flexibility index (Phi) is 6.10. The molecule has 23 heavy (non-hydrogen) atoms. The Morgan fingerprint density at radius 2 is 2.17 bits per heavy atom. The molecule has 2 heterocycles. The number of aliphatic hydroxyl groups is 1. The first kappa shape index (κ1) is 17.0. The molecule has 0 saturated heterocycles. The van der Waals surface area contributed by atoms with Gasteiger partial charge in [0.25, 0.3) is 0 Å². The molecule has 0 amide bonds. The van der Waals surface area contributed by atoms with Gasteiger partial charge in [-0.25, -0.2) is 4.98 Å². The number of nitrogens with one attached hydrogen (secondary N) is 1. The third kappa shape index (κ3) is 5.07. The second kappa shape index (κ2) is 8.28. The lowest BCUT2D eigenvalue weighted by molar-refractivity contribution is 0.266. The van der Waals surface area contributed by atoms with Gasteiger partial charge in [-0.3, -0.25) is 4.98 Å². The van der Waals surface area contributed by atoms with Gasteiger partial charge in [0.05, 0.1) is 24.5 Å². The molecule has 124 valence electrons.